The van der Waals surface area contributed by atoms with Crippen molar-refractivity contribution in [3.05, 3.63) is 88.2 Å². The lowest BCUT2D eigenvalue weighted by Gasteiger charge is -2.40. The van der Waals surface area contributed by atoms with Crippen LogP contribution in [0.5, 0.6) is 0 Å². The summed E-state index contributed by atoms with van der Waals surface area (Å²) in [6.07, 6.45) is 0. The van der Waals surface area contributed by atoms with Gasteiger partial charge >= 0.3 is 5.76 Å². The Kier molecular flexibility index (Phi) is 4.45. The second kappa shape index (κ2) is 7.04. The van der Waals surface area contributed by atoms with E-state index >= 15 is 0 Å². The topological polar surface area (TPSA) is 74.2 Å². The molecule has 0 radical (unpaired) electrons. The lowest BCUT2D eigenvalue weighted by atomic mass is 9.94. The summed E-state index contributed by atoms with van der Waals surface area (Å²) in [7, 11) is 0. The average molecular weight is 336 g/mol. The van der Waals surface area contributed by atoms with Crippen LogP contribution < -0.4 is 11.1 Å². The van der Waals surface area contributed by atoms with Gasteiger partial charge in [-0.05, 0) is 11.1 Å². The van der Waals surface area contributed by atoms with Crippen molar-refractivity contribution in [2.75, 3.05) is 19.6 Å². The van der Waals surface area contributed by atoms with Crippen molar-refractivity contribution < 1.29 is 4.52 Å². The molecule has 1 aliphatic heterocycles. The van der Waals surface area contributed by atoms with Crippen molar-refractivity contribution in [1.82, 2.24) is 20.4 Å². The molecular weight excluding hydrogens is 316 g/mol. The average Bonchev–Trinajstić information content (AvgIpc) is 3.10. The van der Waals surface area contributed by atoms with Crippen LogP contribution in [-0.2, 0) is 0 Å². The molecular formula is C19H20N4O2. The van der Waals surface area contributed by atoms with Crippen LogP contribution in [0.2, 0.25) is 0 Å². The fourth-order valence-electron chi connectivity index (χ4n) is 3.51. The number of aromatic amines is 1. The van der Waals surface area contributed by atoms with Crippen molar-refractivity contribution >= 4 is 0 Å². The van der Waals surface area contributed by atoms with Crippen LogP contribution in [-0.4, -0.2) is 34.7 Å². The zero-order chi connectivity index (χ0) is 17.1. The Morgan fingerprint density at radius 2 is 1.68 bits per heavy atom. The molecule has 6 heteroatoms. The van der Waals surface area contributed by atoms with Gasteiger partial charge in [0.2, 0.25) is 0 Å². The molecule has 3 aromatic rings. The number of rotatable bonds is 4. The molecule has 0 spiro atoms. The normalized spacial score (nSPS) is 18.5. The summed E-state index contributed by atoms with van der Waals surface area (Å²) in [4.78, 5) is 16.5. The van der Waals surface area contributed by atoms with Gasteiger partial charge in [0, 0.05) is 19.6 Å². The molecule has 1 saturated heterocycles. The quantitative estimate of drug-likeness (QED) is 0.763. The van der Waals surface area contributed by atoms with Crippen LogP contribution in [0.1, 0.15) is 29.0 Å². The Bertz CT molecular complexity index is 820. The van der Waals surface area contributed by atoms with Gasteiger partial charge in [-0.2, -0.15) is 0 Å². The van der Waals surface area contributed by atoms with E-state index in [1.54, 1.807) is 0 Å². The molecule has 2 heterocycles. The molecule has 128 valence electrons. The predicted molar refractivity (Wildman–Crippen MR) is 94.2 cm³/mol. The molecule has 0 unspecified atom stereocenters. The second-order valence-electron chi connectivity index (χ2n) is 6.16. The number of H-pyrrole nitrogens is 1. The third-order valence-electron chi connectivity index (χ3n) is 4.62. The first kappa shape index (κ1) is 15.8. The van der Waals surface area contributed by atoms with E-state index in [0.717, 1.165) is 13.1 Å². The van der Waals surface area contributed by atoms with Gasteiger partial charge in [0.15, 0.2) is 5.82 Å². The summed E-state index contributed by atoms with van der Waals surface area (Å²) < 4.78 is 4.74. The minimum atomic E-state index is -0.517. The Balaban J connectivity index is 1.78. The highest BCUT2D eigenvalue weighted by atomic mass is 16.5. The van der Waals surface area contributed by atoms with Gasteiger partial charge in [-0.25, -0.2) is 4.79 Å². The summed E-state index contributed by atoms with van der Waals surface area (Å²) >= 11 is 0. The van der Waals surface area contributed by atoms with Crippen molar-refractivity contribution in [1.29, 1.82) is 0 Å². The molecule has 0 amide bonds. The van der Waals surface area contributed by atoms with Crippen molar-refractivity contribution in [2.24, 2.45) is 0 Å². The molecule has 6 nitrogen and oxygen atoms in total. The first-order valence-electron chi connectivity index (χ1n) is 8.45. The van der Waals surface area contributed by atoms with Crippen molar-refractivity contribution in [2.45, 2.75) is 12.1 Å². The first-order valence-corrected chi connectivity index (χ1v) is 8.45. The maximum absolute atomic E-state index is 11.4. The molecule has 1 atom stereocenters. The molecule has 1 fully saturated rings. The molecule has 1 aliphatic rings. The van der Waals surface area contributed by atoms with Crippen molar-refractivity contribution in [3.8, 4) is 0 Å². The Labute approximate surface area is 145 Å². The number of nitrogens with zero attached hydrogens (tertiary/aromatic N) is 2. The smallest absolute Gasteiger partial charge is 0.313 e. The molecule has 2 N–H and O–H groups in total. The number of benzene rings is 2. The predicted octanol–water partition coefficient (Wildman–Crippen LogP) is 2.10. The Morgan fingerprint density at radius 3 is 2.24 bits per heavy atom. The maximum atomic E-state index is 11.4. The van der Waals surface area contributed by atoms with Crippen molar-refractivity contribution in [3.63, 3.8) is 0 Å². The van der Waals surface area contributed by atoms with Gasteiger partial charge in [0.25, 0.3) is 0 Å². The molecule has 2 aromatic carbocycles. The summed E-state index contributed by atoms with van der Waals surface area (Å²) in [6, 6.07) is 20.9. The number of hydrogen-bond acceptors (Lipinski definition) is 5. The first-order chi connectivity index (χ1) is 12.3. The van der Waals surface area contributed by atoms with Gasteiger partial charge in [0.1, 0.15) is 0 Å². The van der Waals surface area contributed by atoms with Crippen LogP contribution >= 0.6 is 0 Å². The minimum Gasteiger partial charge on any atom is -0.313 e. The molecule has 0 bridgehead atoms. The summed E-state index contributed by atoms with van der Waals surface area (Å²) in [6.45, 7) is 2.43. The standard InChI is InChI=1S/C19H20N4O2/c24-19-21-18(22-25-19)16-13-20-11-12-23(16)17(14-7-3-1-4-8-14)15-9-5-2-6-10-15/h1-10,16-17,20H,11-13H2,(H,21,22,24)/t16-/m1/s1. The van der Waals surface area contributed by atoms with Gasteiger partial charge in [-0.15, -0.1) is 0 Å². The largest absolute Gasteiger partial charge is 0.438 e. The molecule has 0 saturated carbocycles. The maximum Gasteiger partial charge on any atom is 0.438 e. The van der Waals surface area contributed by atoms with Gasteiger partial charge in [-0.1, -0.05) is 65.8 Å². The van der Waals surface area contributed by atoms with Gasteiger partial charge < -0.3 is 5.32 Å². The monoisotopic (exact) mass is 336 g/mol. The number of piperazine rings is 1. The molecule has 4 rings (SSSR count). The van der Waals surface area contributed by atoms with E-state index in [-0.39, 0.29) is 12.1 Å². The van der Waals surface area contributed by atoms with E-state index < -0.39 is 5.76 Å². The minimum absolute atomic E-state index is 0.0642. The van der Waals surface area contributed by atoms with Gasteiger partial charge in [-0.3, -0.25) is 14.4 Å². The van der Waals surface area contributed by atoms with E-state index in [2.05, 4.69) is 68.9 Å². The van der Waals surface area contributed by atoms with E-state index in [0.29, 0.717) is 12.4 Å². The van der Waals surface area contributed by atoms with E-state index in [1.807, 2.05) is 12.1 Å². The summed E-state index contributed by atoms with van der Waals surface area (Å²) in [5.41, 5.74) is 2.43. The van der Waals surface area contributed by atoms with E-state index in [4.69, 9.17) is 4.52 Å². The van der Waals surface area contributed by atoms with E-state index in [1.165, 1.54) is 11.1 Å². The van der Waals surface area contributed by atoms with Crippen LogP contribution in [0.15, 0.2) is 70.0 Å². The van der Waals surface area contributed by atoms with Crippen LogP contribution in [0.4, 0.5) is 0 Å². The zero-order valence-electron chi connectivity index (χ0n) is 13.8. The third kappa shape index (κ3) is 3.26. The molecule has 25 heavy (non-hydrogen) atoms. The van der Waals surface area contributed by atoms with Crippen LogP contribution in [0, 0.1) is 0 Å². The number of aromatic nitrogens is 2. The fraction of sp³-hybridized carbons (Fsp3) is 0.263. The Morgan fingerprint density at radius 1 is 1.04 bits per heavy atom. The summed E-state index contributed by atoms with van der Waals surface area (Å²) in [5.74, 6) is 0.0468. The van der Waals surface area contributed by atoms with Gasteiger partial charge in [0.05, 0.1) is 12.1 Å². The SMILES string of the molecule is O=c1[nH]c([C@H]2CNCCN2C(c2ccccc2)c2ccccc2)no1. The lowest BCUT2D eigenvalue weighted by molar-refractivity contribution is 0.117. The second-order valence-corrected chi connectivity index (χ2v) is 6.16. The molecule has 1 aromatic heterocycles. The summed E-state index contributed by atoms with van der Waals surface area (Å²) in [5, 5.41) is 7.32. The number of nitrogens with one attached hydrogen (secondary N) is 2. The van der Waals surface area contributed by atoms with Crippen LogP contribution in [0.3, 0.4) is 0 Å². The zero-order valence-corrected chi connectivity index (χ0v) is 13.8. The fourth-order valence-corrected chi connectivity index (χ4v) is 3.51. The highest BCUT2D eigenvalue weighted by Gasteiger charge is 2.33. The third-order valence-corrected chi connectivity index (χ3v) is 4.62. The lowest BCUT2D eigenvalue weighted by Crippen LogP contribution is -2.48. The highest BCUT2D eigenvalue weighted by Crippen LogP contribution is 2.35. The highest BCUT2D eigenvalue weighted by molar-refractivity contribution is 5.32. The van der Waals surface area contributed by atoms with E-state index in [9.17, 15) is 4.79 Å². The Hall–Kier alpha value is -2.70. The number of hydrogen-bond donors (Lipinski definition) is 2. The molecule has 0 aliphatic carbocycles. The van der Waals surface area contributed by atoms with Crippen LogP contribution in [0.25, 0.3) is 0 Å².